The molecule has 4 rings (SSSR count). The number of amides is 1. The van der Waals surface area contributed by atoms with Gasteiger partial charge in [0.1, 0.15) is 0 Å². The summed E-state index contributed by atoms with van der Waals surface area (Å²) >= 11 is 0. The van der Waals surface area contributed by atoms with Gasteiger partial charge in [0, 0.05) is 57.0 Å². The fraction of sp³-hybridized carbons (Fsp3) is 0.333. The third-order valence-electron chi connectivity index (χ3n) is 5.34. The lowest BCUT2D eigenvalue weighted by Crippen LogP contribution is -2.48. The molecule has 2 heterocycles. The molecule has 26 heavy (non-hydrogen) atoms. The van der Waals surface area contributed by atoms with Crippen LogP contribution in [0.1, 0.15) is 6.92 Å². The Morgan fingerprint density at radius 2 is 1.38 bits per heavy atom. The molecule has 0 N–H and O–H groups in total. The molecular weight excluding hydrogens is 326 g/mol. The predicted molar refractivity (Wildman–Crippen MR) is 104 cm³/mol. The maximum absolute atomic E-state index is 12.8. The van der Waals surface area contributed by atoms with Gasteiger partial charge >= 0.3 is 0 Å². The van der Waals surface area contributed by atoms with E-state index >= 15 is 0 Å². The molecule has 5 nitrogen and oxygen atoms in total. The van der Waals surface area contributed by atoms with Crippen molar-refractivity contribution in [3.63, 3.8) is 0 Å². The van der Waals surface area contributed by atoms with Crippen LogP contribution >= 0.6 is 0 Å². The summed E-state index contributed by atoms with van der Waals surface area (Å²) in [5.41, 5.74) is 2.07. The zero-order chi connectivity index (χ0) is 18.1. The second kappa shape index (κ2) is 6.92. The van der Waals surface area contributed by atoms with Gasteiger partial charge < -0.3 is 9.47 Å². The molecule has 0 unspecified atom stereocenters. The van der Waals surface area contributed by atoms with Crippen molar-refractivity contribution in [2.45, 2.75) is 13.5 Å². The number of carbonyl (C=O) groups is 1. The van der Waals surface area contributed by atoms with Gasteiger partial charge in [0.2, 0.25) is 5.91 Å². The Morgan fingerprint density at radius 1 is 0.846 bits per heavy atom. The van der Waals surface area contributed by atoms with E-state index in [2.05, 4.69) is 9.47 Å². The molecule has 0 atom stereocenters. The number of para-hydroxylation sites is 2. The Hall–Kier alpha value is -2.66. The van der Waals surface area contributed by atoms with E-state index in [1.807, 2.05) is 53.4 Å². The number of piperazine rings is 1. The number of hydrogen-bond acceptors (Lipinski definition) is 3. The average Bonchev–Trinajstić information content (AvgIpc) is 2.68. The van der Waals surface area contributed by atoms with Crippen LogP contribution in [0.15, 0.2) is 53.3 Å². The zero-order valence-electron chi connectivity index (χ0n) is 15.0. The van der Waals surface area contributed by atoms with Crippen molar-refractivity contribution in [3.05, 3.63) is 58.8 Å². The second-order valence-corrected chi connectivity index (χ2v) is 6.86. The van der Waals surface area contributed by atoms with Gasteiger partial charge in [-0.05, 0) is 24.3 Å². The number of nitrogens with zero attached hydrogens (tertiary/aromatic N) is 3. The lowest BCUT2D eigenvalue weighted by molar-refractivity contribution is -0.130. The Kier molecular flexibility index (Phi) is 4.47. The third-order valence-corrected chi connectivity index (χ3v) is 5.34. The van der Waals surface area contributed by atoms with E-state index in [1.165, 1.54) is 0 Å². The van der Waals surface area contributed by atoms with Gasteiger partial charge in [-0.1, -0.05) is 24.3 Å². The summed E-state index contributed by atoms with van der Waals surface area (Å²) in [7, 11) is 0. The van der Waals surface area contributed by atoms with E-state index in [0.29, 0.717) is 0 Å². The van der Waals surface area contributed by atoms with Crippen LogP contribution in [0.25, 0.3) is 21.8 Å². The van der Waals surface area contributed by atoms with E-state index in [4.69, 9.17) is 0 Å². The summed E-state index contributed by atoms with van der Waals surface area (Å²) in [4.78, 5) is 28.6. The lowest BCUT2D eigenvalue weighted by atomic mass is 10.1. The van der Waals surface area contributed by atoms with Gasteiger partial charge in [-0.25, -0.2) is 0 Å². The number of rotatable bonds is 3. The maximum atomic E-state index is 12.8. The Morgan fingerprint density at radius 3 is 1.92 bits per heavy atom. The molecule has 0 aliphatic carbocycles. The first-order valence-electron chi connectivity index (χ1n) is 9.13. The molecule has 1 amide bonds. The topological polar surface area (TPSA) is 45.6 Å². The Labute approximate surface area is 152 Å². The first kappa shape index (κ1) is 16.8. The van der Waals surface area contributed by atoms with Crippen LogP contribution in [0.5, 0.6) is 0 Å². The van der Waals surface area contributed by atoms with Gasteiger partial charge in [0.15, 0.2) is 5.43 Å². The summed E-state index contributed by atoms with van der Waals surface area (Å²) in [6, 6.07) is 15.7. The standard InChI is InChI=1S/C21H23N3O2/c1-16(25)23-13-10-22(11-14-23)12-15-24-19-8-4-2-6-17(19)21(26)18-7-3-5-9-20(18)24/h2-9H,10-15H2,1H3. The average molecular weight is 349 g/mol. The van der Waals surface area contributed by atoms with Gasteiger partial charge in [-0.3, -0.25) is 14.5 Å². The largest absolute Gasteiger partial charge is 0.340 e. The van der Waals surface area contributed by atoms with Crippen LogP contribution in [0, 0.1) is 0 Å². The summed E-state index contributed by atoms with van der Waals surface area (Å²) in [6.07, 6.45) is 0. The monoisotopic (exact) mass is 349 g/mol. The highest BCUT2D eigenvalue weighted by atomic mass is 16.2. The quantitative estimate of drug-likeness (QED) is 0.682. The van der Waals surface area contributed by atoms with Gasteiger partial charge in [-0.15, -0.1) is 0 Å². The van der Waals surface area contributed by atoms with E-state index in [1.54, 1.807) is 6.92 Å². The molecule has 0 radical (unpaired) electrons. The molecule has 0 bridgehead atoms. The summed E-state index contributed by atoms with van der Waals surface area (Å²) < 4.78 is 2.25. The molecule has 1 aliphatic heterocycles. The van der Waals surface area contributed by atoms with Crippen LogP contribution in [-0.2, 0) is 11.3 Å². The smallest absolute Gasteiger partial charge is 0.219 e. The fourth-order valence-electron chi connectivity index (χ4n) is 3.85. The minimum atomic E-state index is 0.0996. The Bertz CT molecular complexity index is 957. The molecule has 1 aliphatic rings. The molecule has 1 aromatic heterocycles. The molecular formula is C21H23N3O2. The maximum Gasteiger partial charge on any atom is 0.219 e. The van der Waals surface area contributed by atoms with E-state index in [-0.39, 0.29) is 11.3 Å². The number of benzene rings is 2. The highest BCUT2D eigenvalue weighted by Crippen LogP contribution is 2.19. The van der Waals surface area contributed by atoms with Crippen molar-refractivity contribution in [2.75, 3.05) is 32.7 Å². The molecule has 5 heteroatoms. The molecule has 1 saturated heterocycles. The van der Waals surface area contributed by atoms with E-state index < -0.39 is 0 Å². The number of hydrogen-bond donors (Lipinski definition) is 0. The number of carbonyl (C=O) groups excluding carboxylic acids is 1. The van der Waals surface area contributed by atoms with Crippen molar-refractivity contribution in [1.29, 1.82) is 0 Å². The second-order valence-electron chi connectivity index (χ2n) is 6.86. The van der Waals surface area contributed by atoms with E-state index in [0.717, 1.165) is 61.1 Å². The molecule has 1 fully saturated rings. The molecule has 134 valence electrons. The van der Waals surface area contributed by atoms with Crippen LogP contribution < -0.4 is 5.43 Å². The normalized spacial score (nSPS) is 15.7. The van der Waals surface area contributed by atoms with Crippen molar-refractivity contribution in [3.8, 4) is 0 Å². The highest BCUT2D eigenvalue weighted by molar-refractivity contribution is 5.93. The SMILES string of the molecule is CC(=O)N1CCN(CCn2c3ccccc3c(=O)c3ccccc32)CC1. The fourth-order valence-corrected chi connectivity index (χ4v) is 3.85. The predicted octanol–water partition coefficient (Wildman–Crippen LogP) is 2.32. The van der Waals surface area contributed by atoms with Crippen molar-refractivity contribution >= 4 is 27.7 Å². The van der Waals surface area contributed by atoms with Crippen molar-refractivity contribution < 1.29 is 4.79 Å². The van der Waals surface area contributed by atoms with Gasteiger partial charge in [-0.2, -0.15) is 0 Å². The molecule has 3 aromatic rings. The van der Waals surface area contributed by atoms with Crippen LogP contribution in [0.4, 0.5) is 0 Å². The lowest BCUT2D eigenvalue weighted by Gasteiger charge is -2.34. The number of fused-ring (bicyclic) bond motifs is 2. The minimum Gasteiger partial charge on any atom is -0.340 e. The summed E-state index contributed by atoms with van der Waals surface area (Å²) in [6.45, 7) is 6.74. The van der Waals surface area contributed by atoms with Gasteiger partial charge in [0.05, 0.1) is 11.0 Å². The van der Waals surface area contributed by atoms with Gasteiger partial charge in [0.25, 0.3) is 0 Å². The molecule has 0 spiro atoms. The van der Waals surface area contributed by atoms with Crippen LogP contribution in [-0.4, -0.2) is 53.0 Å². The van der Waals surface area contributed by atoms with E-state index in [9.17, 15) is 9.59 Å². The molecule has 0 saturated carbocycles. The summed E-state index contributed by atoms with van der Waals surface area (Å²) in [5.74, 6) is 0.155. The third kappa shape index (κ3) is 2.99. The molecule has 2 aromatic carbocycles. The Balaban J connectivity index is 1.65. The number of aromatic nitrogens is 1. The first-order chi connectivity index (χ1) is 12.6. The van der Waals surface area contributed by atoms with Crippen molar-refractivity contribution in [1.82, 2.24) is 14.4 Å². The zero-order valence-corrected chi connectivity index (χ0v) is 15.0. The highest BCUT2D eigenvalue weighted by Gasteiger charge is 2.18. The van der Waals surface area contributed by atoms with Crippen LogP contribution in [0.3, 0.4) is 0 Å². The summed E-state index contributed by atoms with van der Waals surface area (Å²) in [5, 5.41) is 1.54. The first-order valence-corrected chi connectivity index (χ1v) is 9.13. The van der Waals surface area contributed by atoms with Crippen LogP contribution in [0.2, 0.25) is 0 Å². The number of pyridine rings is 1. The minimum absolute atomic E-state index is 0.0996. The van der Waals surface area contributed by atoms with Crippen molar-refractivity contribution in [2.24, 2.45) is 0 Å².